The number of carbonyl (C=O) groups excluding carboxylic acids is 1. The SMILES string of the molecule is C=C(C)CN(CC)C(=O)CN1CCN(CCOc2ccc(Cl)cc2)CC1. The van der Waals surface area contributed by atoms with Crippen molar-refractivity contribution in [2.75, 3.05) is 59.0 Å². The number of nitrogens with zero attached hydrogens (tertiary/aromatic N) is 3. The van der Waals surface area contributed by atoms with Gasteiger partial charge in [0.25, 0.3) is 0 Å². The van der Waals surface area contributed by atoms with Crippen molar-refractivity contribution in [2.24, 2.45) is 0 Å². The van der Waals surface area contributed by atoms with E-state index < -0.39 is 0 Å². The lowest BCUT2D eigenvalue weighted by molar-refractivity contribution is -0.132. The minimum atomic E-state index is 0.190. The predicted octanol–water partition coefficient (Wildman–Crippen LogP) is 2.76. The lowest BCUT2D eigenvalue weighted by Gasteiger charge is -2.35. The van der Waals surface area contributed by atoms with Crippen LogP contribution in [0.25, 0.3) is 0 Å². The molecule has 0 spiro atoms. The van der Waals surface area contributed by atoms with Crippen molar-refractivity contribution in [3.8, 4) is 5.75 Å². The van der Waals surface area contributed by atoms with Gasteiger partial charge in [0.05, 0.1) is 6.54 Å². The minimum Gasteiger partial charge on any atom is -0.492 e. The van der Waals surface area contributed by atoms with Gasteiger partial charge in [0, 0.05) is 50.8 Å². The first kappa shape index (κ1) is 20.7. The van der Waals surface area contributed by atoms with Gasteiger partial charge in [0.15, 0.2) is 0 Å². The van der Waals surface area contributed by atoms with Crippen LogP contribution in [-0.2, 0) is 4.79 Å². The fourth-order valence-electron chi connectivity index (χ4n) is 2.99. The molecule has 1 aliphatic rings. The summed E-state index contributed by atoms with van der Waals surface area (Å²) in [4.78, 5) is 18.9. The van der Waals surface area contributed by atoms with E-state index in [-0.39, 0.29) is 5.91 Å². The molecule has 1 fully saturated rings. The molecule has 0 radical (unpaired) electrons. The maximum atomic E-state index is 12.4. The van der Waals surface area contributed by atoms with E-state index in [0.717, 1.165) is 50.6 Å². The lowest BCUT2D eigenvalue weighted by atomic mass is 10.2. The van der Waals surface area contributed by atoms with Gasteiger partial charge in [-0.15, -0.1) is 0 Å². The van der Waals surface area contributed by atoms with Gasteiger partial charge in [-0.2, -0.15) is 0 Å². The number of likely N-dealkylation sites (N-methyl/N-ethyl adjacent to an activating group) is 1. The van der Waals surface area contributed by atoms with Crippen molar-refractivity contribution in [1.29, 1.82) is 0 Å². The Balaban J connectivity index is 1.66. The fourth-order valence-corrected chi connectivity index (χ4v) is 3.11. The first-order chi connectivity index (χ1) is 12.5. The summed E-state index contributed by atoms with van der Waals surface area (Å²) in [5.74, 6) is 1.03. The van der Waals surface area contributed by atoms with Crippen molar-refractivity contribution < 1.29 is 9.53 Å². The van der Waals surface area contributed by atoms with E-state index in [1.807, 2.05) is 43.0 Å². The maximum absolute atomic E-state index is 12.4. The van der Waals surface area contributed by atoms with Crippen LogP contribution >= 0.6 is 11.6 Å². The Hall–Kier alpha value is -1.56. The number of halogens is 1. The number of hydrogen-bond acceptors (Lipinski definition) is 4. The van der Waals surface area contributed by atoms with Crippen LogP contribution in [-0.4, -0.2) is 79.6 Å². The van der Waals surface area contributed by atoms with Crippen molar-refractivity contribution in [2.45, 2.75) is 13.8 Å². The highest BCUT2D eigenvalue weighted by Crippen LogP contribution is 2.15. The van der Waals surface area contributed by atoms with E-state index in [4.69, 9.17) is 16.3 Å². The molecule has 0 atom stereocenters. The van der Waals surface area contributed by atoms with Crippen molar-refractivity contribution in [3.63, 3.8) is 0 Å². The molecule has 6 heteroatoms. The Morgan fingerprint density at radius 1 is 1.19 bits per heavy atom. The number of carbonyl (C=O) groups is 1. The highest BCUT2D eigenvalue weighted by Gasteiger charge is 2.21. The molecule has 1 aromatic rings. The van der Waals surface area contributed by atoms with Gasteiger partial charge in [0.2, 0.25) is 5.91 Å². The largest absolute Gasteiger partial charge is 0.492 e. The number of ether oxygens (including phenoxy) is 1. The molecule has 5 nitrogen and oxygen atoms in total. The molecule has 144 valence electrons. The Bertz CT molecular complexity index is 583. The molecule has 0 saturated carbocycles. The summed E-state index contributed by atoms with van der Waals surface area (Å²) in [7, 11) is 0. The monoisotopic (exact) mass is 379 g/mol. The topological polar surface area (TPSA) is 36.0 Å². The summed E-state index contributed by atoms with van der Waals surface area (Å²) in [6.07, 6.45) is 0. The van der Waals surface area contributed by atoms with E-state index in [1.165, 1.54) is 0 Å². The number of rotatable bonds is 9. The average Bonchev–Trinajstić information content (AvgIpc) is 2.62. The van der Waals surface area contributed by atoms with Gasteiger partial charge >= 0.3 is 0 Å². The lowest BCUT2D eigenvalue weighted by Crippen LogP contribution is -2.50. The standard InChI is InChI=1S/C20H30ClN3O2/c1-4-24(15-17(2)3)20(25)16-23-11-9-22(10-12-23)13-14-26-19-7-5-18(21)6-8-19/h5-8H,2,4,9-16H2,1,3H3. The van der Waals surface area contributed by atoms with Gasteiger partial charge < -0.3 is 9.64 Å². The molecular weight excluding hydrogens is 350 g/mol. The van der Waals surface area contributed by atoms with Crippen molar-refractivity contribution in [1.82, 2.24) is 14.7 Å². The Morgan fingerprint density at radius 3 is 2.38 bits per heavy atom. The zero-order valence-corrected chi connectivity index (χ0v) is 16.7. The second kappa shape index (κ2) is 10.6. The first-order valence-corrected chi connectivity index (χ1v) is 9.61. The highest BCUT2D eigenvalue weighted by atomic mass is 35.5. The molecule has 1 aliphatic heterocycles. The van der Waals surface area contributed by atoms with E-state index in [0.29, 0.717) is 24.7 Å². The molecule has 2 rings (SSSR count). The summed E-state index contributed by atoms with van der Waals surface area (Å²) < 4.78 is 5.76. The number of amides is 1. The predicted molar refractivity (Wildman–Crippen MR) is 107 cm³/mol. The molecular formula is C20H30ClN3O2. The van der Waals surface area contributed by atoms with Crippen LogP contribution in [0.4, 0.5) is 0 Å². The third-order valence-corrected chi connectivity index (χ3v) is 4.76. The summed E-state index contributed by atoms with van der Waals surface area (Å²) in [6, 6.07) is 7.44. The smallest absolute Gasteiger partial charge is 0.237 e. The summed E-state index contributed by atoms with van der Waals surface area (Å²) in [5, 5.41) is 0.716. The van der Waals surface area contributed by atoms with Gasteiger partial charge in [-0.3, -0.25) is 14.6 Å². The van der Waals surface area contributed by atoms with Gasteiger partial charge in [0.1, 0.15) is 12.4 Å². The van der Waals surface area contributed by atoms with Gasteiger partial charge in [-0.25, -0.2) is 0 Å². The van der Waals surface area contributed by atoms with E-state index in [1.54, 1.807) is 0 Å². The molecule has 0 unspecified atom stereocenters. The van der Waals surface area contributed by atoms with Crippen LogP contribution in [0.2, 0.25) is 5.02 Å². The van der Waals surface area contributed by atoms with E-state index in [2.05, 4.69) is 16.4 Å². The zero-order chi connectivity index (χ0) is 18.9. The highest BCUT2D eigenvalue weighted by molar-refractivity contribution is 6.30. The van der Waals surface area contributed by atoms with Crippen LogP contribution in [0.15, 0.2) is 36.4 Å². The average molecular weight is 380 g/mol. The molecule has 0 aliphatic carbocycles. The second-order valence-corrected chi connectivity index (χ2v) is 7.22. The minimum absolute atomic E-state index is 0.190. The summed E-state index contributed by atoms with van der Waals surface area (Å²) >= 11 is 5.87. The fraction of sp³-hybridized carbons (Fsp3) is 0.550. The van der Waals surface area contributed by atoms with Crippen LogP contribution in [0, 0.1) is 0 Å². The van der Waals surface area contributed by atoms with E-state index >= 15 is 0 Å². The van der Waals surface area contributed by atoms with Gasteiger partial charge in [-0.1, -0.05) is 23.8 Å². The molecule has 26 heavy (non-hydrogen) atoms. The van der Waals surface area contributed by atoms with Crippen LogP contribution < -0.4 is 4.74 Å². The molecule has 1 saturated heterocycles. The maximum Gasteiger partial charge on any atom is 0.237 e. The number of piperazine rings is 1. The molecule has 0 bridgehead atoms. The number of benzene rings is 1. The van der Waals surface area contributed by atoms with Crippen molar-refractivity contribution in [3.05, 3.63) is 41.4 Å². The van der Waals surface area contributed by atoms with E-state index in [9.17, 15) is 4.79 Å². The molecule has 1 aromatic carbocycles. The molecule has 1 heterocycles. The quantitative estimate of drug-likeness (QED) is 0.618. The van der Waals surface area contributed by atoms with Crippen LogP contribution in [0.1, 0.15) is 13.8 Å². The first-order valence-electron chi connectivity index (χ1n) is 9.23. The molecule has 0 aromatic heterocycles. The third-order valence-electron chi connectivity index (χ3n) is 4.51. The van der Waals surface area contributed by atoms with Gasteiger partial charge in [-0.05, 0) is 38.1 Å². The Labute approximate surface area is 162 Å². The van der Waals surface area contributed by atoms with Crippen LogP contribution in [0.5, 0.6) is 5.75 Å². The normalized spacial score (nSPS) is 15.7. The molecule has 0 N–H and O–H groups in total. The van der Waals surface area contributed by atoms with Crippen LogP contribution in [0.3, 0.4) is 0 Å². The Morgan fingerprint density at radius 2 is 1.81 bits per heavy atom. The third kappa shape index (κ3) is 6.98. The zero-order valence-electron chi connectivity index (χ0n) is 15.9. The van der Waals surface area contributed by atoms with Crippen molar-refractivity contribution >= 4 is 17.5 Å². The second-order valence-electron chi connectivity index (χ2n) is 6.79. The summed E-state index contributed by atoms with van der Waals surface area (Å²) in [6.45, 7) is 15.1. The number of hydrogen-bond donors (Lipinski definition) is 0. The summed E-state index contributed by atoms with van der Waals surface area (Å²) in [5.41, 5.74) is 1.02. The Kier molecular flexibility index (Phi) is 8.42. The molecule has 1 amide bonds.